The number of benzene rings is 2. The minimum Gasteiger partial charge on any atom is -0.383 e. The number of para-hydroxylation sites is 2. The number of fused-ring (bicyclic) bond motifs is 1. The highest BCUT2D eigenvalue weighted by atomic mass is 35.5. The molecule has 5 heteroatoms. The Kier molecular flexibility index (Phi) is 5.03. The molecule has 0 spiro atoms. The summed E-state index contributed by atoms with van der Waals surface area (Å²) in [5.74, 6) is 1.89. The fourth-order valence-corrected chi connectivity index (χ4v) is 3.32. The second-order valence-corrected chi connectivity index (χ2v) is 6.39. The summed E-state index contributed by atoms with van der Waals surface area (Å²) in [5.41, 5.74) is 2.19. The standard InChI is InChI=1S/C17H17ClN2OS/c1-21-11-10-20-16-5-3-2-4-15(16)19-17(20)12-22-14-8-6-13(18)7-9-14/h2-9H,10-12H2,1H3. The lowest BCUT2D eigenvalue weighted by molar-refractivity contribution is 0.187. The summed E-state index contributed by atoms with van der Waals surface area (Å²) in [4.78, 5) is 5.95. The van der Waals surface area contributed by atoms with Crippen LogP contribution in [0.2, 0.25) is 5.02 Å². The van der Waals surface area contributed by atoms with Crippen molar-refractivity contribution in [3.8, 4) is 0 Å². The van der Waals surface area contributed by atoms with Gasteiger partial charge in [-0.3, -0.25) is 0 Å². The maximum Gasteiger partial charge on any atom is 0.120 e. The van der Waals surface area contributed by atoms with Crippen molar-refractivity contribution < 1.29 is 4.74 Å². The smallest absolute Gasteiger partial charge is 0.120 e. The maximum absolute atomic E-state index is 5.93. The van der Waals surface area contributed by atoms with E-state index < -0.39 is 0 Å². The lowest BCUT2D eigenvalue weighted by atomic mass is 10.3. The molecular weight excluding hydrogens is 316 g/mol. The van der Waals surface area contributed by atoms with Crippen molar-refractivity contribution in [3.63, 3.8) is 0 Å². The van der Waals surface area contributed by atoms with Crippen LogP contribution in [0.15, 0.2) is 53.4 Å². The first-order chi connectivity index (χ1) is 10.8. The molecule has 0 amide bonds. The molecule has 2 aromatic carbocycles. The van der Waals surface area contributed by atoms with Crippen LogP contribution in [0, 0.1) is 0 Å². The molecule has 0 saturated carbocycles. The van der Waals surface area contributed by atoms with Gasteiger partial charge < -0.3 is 9.30 Å². The molecular formula is C17H17ClN2OS. The molecule has 0 N–H and O–H groups in total. The quantitative estimate of drug-likeness (QED) is 0.616. The fraction of sp³-hybridized carbons (Fsp3) is 0.235. The molecule has 0 unspecified atom stereocenters. The zero-order chi connectivity index (χ0) is 15.4. The summed E-state index contributed by atoms with van der Waals surface area (Å²) in [6.45, 7) is 1.49. The topological polar surface area (TPSA) is 27.1 Å². The van der Waals surface area contributed by atoms with Crippen molar-refractivity contribution in [3.05, 3.63) is 59.4 Å². The molecule has 0 atom stereocenters. The van der Waals surface area contributed by atoms with Gasteiger partial charge in [0.1, 0.15) is 5.82 Å². The average molecular weight is 333 g/mol. The highest BCUT2D eigenvalue weighted by Crippen LogP contribution is 2.26. The van der Waals surface area contributed by atoms with Gasteiger partial charge in [0.15, 0.2) is 0 Å². The average Bonchev–Trinajstić information content (AvgIpc) is 2.90. The van der Waals surface area contributed by atoms with Gasteiger partial charge in [-0.15, -0.1) is 11.8 Å². The summed E-state index contributed by atoms with van der Waals surface area (Å²) in [7, 11) is 1.72. The number of ether oxygens (including phenoxy) is 1. The normalized spacial score (nSPS) is 11.2. The second-order valence-electron chi connectivity index (χ2n) is 4.90. The molecule has 3 rings (SSSR count). The zero-order valence-corrected chi connectivity index (χ0v) is 13.9. The lowest BCUT2D eigenvalue weighted by Crippen LogP contribution is -2.07. The monoisotopic (exact) mass is 332 g/mol. The van der Waals surface area contributed by atoms with Crippen LogP contribution in [0.4, 0.5) is 0 Å². The van der Waals surface area contributed by atoms with Crippen LogP contribution in [0.1, 0.15) is 5.82 Å². The highest BCUT2D eigenvalue weighted by molar-refractivity contribution is 7.98. The number of aromatic nitrogens is 2. The molecule has 0 saturated heterocycles. The number of halogens is 1. The van der Waals surface area contributed by atoms with Gasteiger partial charge in [-0.05, 0) is 36.4 Å². The SMILES string of the molecule is COCCn1c(CSc2ccc(Cl)cc2)nc2ccccc21. The molecule has 0 fully saturated rings. The van der Waals surface area contributed by atoms with Crippen LogP contribution in [0.5, 0.6) is 0 Å². The van der Waals surface area contributed by atoms with Gasteiger partial charge in [-0.25, -0.2) is 4.98 Å². The predicted molar refractivity (Wildman–Crippen MR) is 92.6 cm³/mol. The Hall–Kier alpha value is -1.49. The number of nitrogens with zero attached hydrogens (tertiary/aromatic N) is 2. The van der Waals surface area contributed by atoms with E-state index in [1.807, 2.05) is 36.4 Å². The van der Waals surface area contributed by atoms with E-state index >= 15 is 0 Å². The molecule has 0 aliphatic carbocycles. The van der Waals surface area contributed by atoms with Crippen molar-refractivity contribution in [1.29, 1.82) is 0 Å². The Morgan fingerprint density at radius 1 is 1.14 bits per heavy atom. The first-order valence-electron chi connectivity index (χ1n) is 7.09. The second kappa shape index (κ2) is 7.18. The van der Waals surface area contributed by atoms with Gasteiger partial charge >= 0.3 is 0 Å². The third kappa shape index (κ3) is 3.46. The van der Waals surface area contributed by atoms with E-state index in [9.17, 15) is 0 Å². The Morgan fingerprint density at radius 2 is 1.91 bits per heavy atom. The molecule has 0 aliphatic heterocycles. The summed E-state index contributed by atoms with van der Waals surface area (Å²) >= 11 is 7.69. The summed E-state index contributed by atoms with van der Waals surface area (Å²) in [5, 5.41) is 0.761. The van der Waals surface area contributed by atoms with Gasteiger partial charge in [0.05, 0.1) is 23.4 Å². The molecule has 0 bridgehead atoms. The molecule has 1 heterocycles. The molecule has 3 nitrogen and oxygen atoms in total. The van der Waals surface area contributed by atoms with E-state index in [0.29, 0.717) is 6.61 Å². The van der Waals surface area contributed by atoms with Crippen molar-refractivity contribution in [1.82, 2.24) is 9.55 Å². The van der Waals surface area contributed by atoms with E-state index in [0.717, 1.165) is 34.2 Å². The largest absolute Gasteiger partial charge is 0.383 e. The van der Waals surface area contributed by atoms with Gasteiger partial charge in [-0.2, -0.15) is 0 Å². The van der Waals surface area contributed by atoms with Crippen LogP contribution in [-0.4, -0.2) is 23.3 Å². The third-order valence-electron chi connectivity index (χ3n) is 3.43. The molecule has 0 radical (unpaired) electrons. The van der Waals surface area contributed by atoms with Gasteiger partial charge in [-0.1, -0.05) is 23.7 Å². The summed E-state index contributed by atoms with van der Waals surface area (Å²) in [6, 6.07) is 16.1. The maximum atomic E-state index is 5.93. The zero-order valence-electron chi connectivity index (χ0n) is 12.3. The van der Waals surface area contributed by atoms with E-state index in [-0.39, 0.29) is 0 Å². The number of methoxy groups -OCH3 is 1. The Labute approximate surface area is 139 Å². The lowest BCUT2D eigenvalue weighted by Gasteiger charge is -2.08. The van der Waals surface area contributed by atoms with Crippen LogP contribution in [0.3, 0.4) is 0 Å². The molecule has 3 aromatic rings. The molecule has 22 heavy (non-hydrogen) atoms. The van der Waals surface area contributed by atoms with Crippen molar-refractivity contribution >= 4 is 34.4 Å². The van der Waals surface area contributed by atoms with Crippen molar-refractivity contribution in [2.24, 2.45) is 0 Å². The number of hydrogen-bond donors (Lipinski definition) is 0. The first kappa shape index (κ1) is 15.4. The number of thioether (sulfide) groups is 1. The van der Waals surface area contributed by atoms with Gasteiger partial charge in [0, 0.05) is 23.6 Å². The minimum absolute atomic E-state index is 0.680. The van der Waals surface area contributed by atoms with Crippen molar-refractivity contribution in [2.75, 3.05) is 13.7 Å². The minimum atomic E-state index is 0.680. The summed E-state index contributed by atoms with van der Waals surface area (Å²) in [6.07, 6.45) is 0. The number of imidazole rings is 1. The van der Waals surface area contributed by atoms with E-state index in [1.165, 1.54) is 4.90 Å². The molecule has 1 aromatic heterocycles. The van der Waals surface area contributed by atoms with E-state index in [1.54, 1.807) is 18.9 Å². The number of hydrogen-bond acceptors (Lipinski definition) is 3. The van der Waals surface area contributed by atoms with Crippen LogP contribution < -0.4 is 0 Å². The third-order valence-corrected chi connectivity index (χ3v) is 4.69. The Morgan fingerprint density at radius 3 is 2.68 bits per heavy atom. The molecule has 0 aliphatic rings. The predicted octanol–water partition coefficient (Wildman–Crippen LogP) is 4.63. The summed E-state index contributed by atoms with van der Waals surface area (Å²) < 4.78 is 7.46. The van der Waals surface area contributed by atoms with Crippen LogP contribution in [-0.2, 0) is 17.0 Å². The number of rotatable bonds is 6. The van der Waals surface area contributed by atoms with Gasteiger partial charge in [0.25, 0.3) is 0 Å². The Balaban J connectivity index is 1.83. The van der Waals surface area contributed by atoms with E-state index in [2.05, 4.69) is 16.7 Å². The first-order valence-corrected chi connectivity index (χ1v) is 8.46. The van der Waals surface area contributed by atoms with Crippen LogP contribution in [0.25, 0.3) is 11.0 Å². The molecule has 114 valence electrons. The van der Waals surface area contributed by atoms with Crippen LogP contribution >= 0.6 is 23.4 Å². The van der Waals surface area contributed by atoms with Gasteiger partial charge in [0.2, 0.25) is 0 Å². The highest BCUT2D eigenvalue weighted by Gasteiger charge is 2.10. The van der Waals surface area contributed by atoms with Crippen molar-refractivity contribution in [2.45, 2.75) is 17.2 Å². The fourth-order valence-electron chi connectivity index (χ4n) is 2.35. The van der Waals surface area contributed by atoms with E-state index in [4.69, 9.17) is 21.3 Å². The Bertz CT molecular complexity index is 755.